The Balaban J connectivity index is 1.51. The lowest BCUT2D eigenvalue weighted by molar-refractivity contribution is -0.384. The molecule has 0 radical (unpaired) electrons. The number of hydrogen-bond acceptors (Lipinski definition) is 9. The molecule has 13 heteroatoms. The van der Waals surface area contributed by atoms with Gasteiger partial charge < -0.3 is 20.5 Å². The van der Waals surface area contributed by atoms with Crippen molar-refractivity contribution in [3.63, 3.8) is 0 Å². The summed E-state index contributed by atoms with van der Waals surface area (Å²) in [5.41, 5.74) is 6.91. The highest BCUT2D eigenvalue weighted by Gasteiger charge is 2.57. The summed E-state index contributed by atoms with van der Waals surface area (Å²) in [6, 6.07) is 5.12. The molecule has 12 nitrogen and oxygen atoms in total. The first-order valence-electron chi connectivity index (χ1n) is 10.6. The van der Waals surface area contributed by atoms with E-state index in [0.29, 0.717) is 21.7 Å². The number of primary amides is 1. The Labute approximate surface area is 201 Å². The number of aliphatic hydroxyl groups is 1. The number of hydrogen-bond donors (Lipinski definition) is 2. The van der Waals surface area contributed by atoms with E-state index in [4.69, 9.17) is 10.5 Å². The second-order valence-corrected chi connectivity index (χ2v) is 9.20. The number of aliphatic hydroxyl groups excluding tert-OH is 1. The lowest BCUT2D eigenvalue weighted by Crippen LogP contribution is -2.61. The average molecular weight is 497 g/mol. The van der Waals surface area contributed by atoms with E-state index in [-0.39, 0.29) is 30.2 Å². The SMILES string of the molecule is C[C@@H](O)[C@H]1C(=O)N2C(C(=O)OCc3ccc([N+](=O)[O-])cc3)=C(c3csc4cnc(C(N)=O)n34)C[C@H]12. The number of thiazole rings is 1. The van der Waals surface area contributed by atoms with Crippen LogP contribution >= 0.6 is 11.3 Å². The first kappa shape index (κ1) is 22.7. The van der Waals surface area contributed by atoms with Crippen molar-refractivity contribution in [3.8, 4) is 0 Å². The summed E-state index contributed by atoms with van der Waals surface area (Å²) in [4.78, 5) is 54.3. The molecule has 2 aromatic heterocycles. The highest BCUT2D eigenvalue weighted by atomic mass is 32.1. The number of esters is 1. The molecule has 1 aromatic carbocycles. The van der Waals surface area contributed by atoms with Crippen LogP contribution in [0.5, 0.6) is 0 Å². The van der Waals surface area contributed by atoms with Crippen LogP contribution in [0.3, 0.4) is 0 Å². The number of β-lactam (4-membered cyclic amide) rings is 1. The fourth-order valence-electron chi connectivity index (χ4n) is 4.62. The van der Waals surface area contributed by atoms with E-state index >= 15 is 0 Å². The summed E-state index contributed by atoms with van der Waals surface area (Å²) < 4.78 is 7.01. The number of benzene rings is 1. The minimum Gasteiger partial charge on any atom is -0.456 e. The number of ether oxygens (including phenoxy) is 1. The van der Waals surface area contributed by atoms with Gasteiger partial charge in [0.25, 0.3) is 11.6 Å². The third-order valence-corrected chi connectivity index (χ3v) is 7.10. The standard InChI is InChI=1S/C22H19N5O7S/c1-10(28)17-14-6-13(15-9-35-16-7-24-20(19(23)29)25(15)16)18(26(14)21(17)30)22(31)34-8-11-2-4-12(5-3-11)27(32)33/h2-5,7,9-10,14,17,28H,6,8H2,1H3,(H2,23,29)/t10-,14-,17-/m1/s1. The second-order valence-electron chi connectivity index (χ2n) is 8.31. The average Bonchev–Trinajstić information content (AvgIpc) is 3.49. The molecule has 5 rings (SSSR count). The molecule has 180 valence electrons. The van der Waals surface area contributed by atoms with Crippen LogP contribution in [0.2, 0.25) is 0 Å². The Morgan fingerprint density at radius 1 is 1.37 bits per heavy atom. The number of imidazole rings is 1. The zero-order chi connectivity index (χ0) is 25.0. The van der Waals surface area contributed by atoms with Gasteiger partial charge in [-0.05, 0) is 31.0 Å². The molecule has 3 aromatic rings. The summed E-state index contributed by atoms with van der Waals surface area (Å²) in [5, 5.41) is 22.7. The Hall–Kier alpha value is -4.10. The first-order chi connectivity index (χ1) is 16.7. The number of non-ortho nitro benzene ring substituents is 1. The lowest BCUT2D eigenvalue weighted by Gasteiger charge is -2.44. The summed E-state index contributed by atoms with van der Waals surface area (Å²) >= 11 is 1.30. The van der Waals surface area contributed by atoms with Crippen molar-refractivity contribution in [1.29, 1.82) is 0 Å². The first-order valence-corrected chi connectivity index (χ1v) is 11.5. The maximum absolute atomic E-state index is 13.2. The fourth-order valence-corrected chi connectivity index (χ4v) is 5.50. The van der Waals surface area contributed by atoms with Crippen LogP contribution in [0.1, 0.15) is 35.2 Å². The smallest absolute Gasteiger partial charge is 0.355 e. The Bertz CT molecular complexity index is 1420. The van der Waals surface area contributed by atoms with E-state index in [0.717, 1.165) is 0 Å². The summed E-state index contributed by atoms with van der Waals surface area (Å²) in [7, 11) is 0. The van der Waals surface area contributed by atoms with Crippen molar-refractivity contribution in [2.24, 2.45) is 11.7 Å². The number of carbonyl (C=O) groups is 3. The highest BCUT2D eigenvalue weighted by Crippen LogP contribution is 2.48. The molecule has 0 saturated carbocycles. The van der Waals surface area contributed by atoms with Gasteiger partial charge in [0.15, 0.2) is 0 Å². The van der Waals surface area contributed by atoms with Crippen molar-refractivity contribution in [2.45, 2.75) is 32.1 Å². The third-order valence-electron chi connectivity index (χ3n) is 6.23. The summed E-state index contributed by atoms with van der Waals surface area (Å²) in [5.74, 6) is -2.58. The third kappa shape index (κ3) is 3.56. The van der Waals surface area contributed by atoms with Gasteiger partial charge in [-0.15, -0.1) is 11.3 Å². The maximum Gasteiger partial charge on any atom is 0.355 e. The largest absolute Gasteiger partial charge is 0.456 e. The summed E-state index contributed by atoms with van der Waals surface area (Å²) in [6.07, 6.45) is 0.859. The van der Waals surface area contributed by atoms with Gasteiger partial charge in [-0.25, -0.2) is 9.78 Å². The molecular weight excluding hydrogens is 478 g/mol. The van der Waals surface area contributed by atoms with Crippen LogP contribution in [0.25, 0.3) is 10.4 Å². The van der Waals surface area contributed by atoms with Crippen molar-refractivity contribution in [2.75, 3.05) is 0 Å². The van der Waals surface area contributed by atoms with Gasteiger partial charge in [0.05, 0.1) is 34.9 Å². The van der Waals surface area contributed by atoms with Crippen molar-refractivity contribution < 1.29 is 29.2 Å². The van der Waals surface area contributed by atoms with E-state index in [9.17, 15) is 29.6 Å². The van der Waals surface area contributed by atoms with E-state index in [1.165, 1.54) is 53.6 Å². The molecule has 35 heavy (non-hydrogen) atoms. The van der Waals surface area contributed by atoms with Gasteiger partial charge in [-0.1, -0.05) is 0 Å². The van der Waals surface area contributed by atoms with Crippen LogP contribution in [0.15, 0.2) is 41.5 Å². The predicted molar refractivity (Wildman–Crippen MR) is 122 cm³/mol. The van der Waals surface area contributed by atoms with E-state index in [1.54, 1.807) is 9.78 Å². The van der Waals surface area contributed by atoms with Crippen LogP contribution in [0.4, 0.5) is 5.69 Å². The quantitative estimate of drug-likeness (QED) is 0.214. The van der Waals surface area contributed by atoms with Crippen LogP contribution in [0, 0.1) is 16.0 Å². The number of rotatable bonds is 7. The van der Waals surface area contributed by atoms with Crippen LogP contribution in [-0.4, -0.2) is 54.2 Å². The molecule has 1 saturated heterocycles. The normalized spacial score (nSPS) is 20.1. The molecule has 2 aliphatic rings. The van der Waals surface area contributed by atoms with Gasteiger partial charge in [0.1, 0.15) is 17.1 Å². The van der Waals surface area contributed by atoms with Gasteiger partial charge in [0, 0.05) is 23.1 Å². The molecule has 0 spiro atoms. The molecule has 2 amide bonds. The van der Waals surface area contributed by atoms with Gasteiger partial charge in [0.2, 0.25) is 11.7 Å². The number of aromatic nitrogens is 2. The van der Waals surface area contributed by atoms with Crippen molar-refractivity contribution in [3.05, 3.63) is 68.7 Å². The van der Waals surface area contributed by atoms with Gasteiger partial charge in [-0.3, -0.25) is 24.1 Å². The second kappa shape index (κ2) is 8.29. The minimum atomic E-state index is -0.905. The van der Waals surface area contributed by atoms with Crippen molar-refractivity contribution >= 4 is 45.2 Å². The molecule has 2 aliphatic heterocycles. The number of amides is 2. The predicted octanol–water partition coefficient (Wildman–Crippen LogP) is 1.47. The number of nitrogens with two attached hydrogens (primary N) is 1. The van der Waals surface area contributed by atoms with Gasteiger partial charge >= 0.3 is 5.97 Å². The molecule has 0 unspecified atom stereocenters. The van der Waals surface area contributed by atoms with E-state index in [2.05, 4.69) is 4.98 Å². The molecule has 0 bridgehead atoms. The zero-order valence-electron chi connectivity index (χ0n) is 18.3. The fraction of sp³-hybridized carbons (Fsp3) is 0.273. The zero-order valence-corrected chi connectivity index (χ0v) is 19.1. The molecule has 3 N–H and O–H groups in total. The van der Waals surface area contributed by atoms with Gasteiger partial charge in [-0.2, -0.15) is 0 Å². The molecule has 4 heterocycles. The number of carbonyl (C=O) groups excluding carboxylic acids is 3. The molecule has 3 atom stereocenters. The summed E-state index contributed by atoms with van der Waals surface area (Å²) in [6.45, 7) is 1.35. The van der Waals surface area contributed by atoms with E-state index in [1.807, 2.05) is 0 Å². The van der Waals surface area contributed by atoms with E-state index < -0.39 is 40.8 Å². The Kier molecular flexibility index (Phi) is 5.37. The van der Waals surface area contributed by atoms with Crippen LogP contribution in [-0.2, 0) is 20.9 Å². The lowest BCUT2D eigenvalue weighted by atomic mass is 9.83. The maximum atomic E-state index is 13.2. The highest BCUT2D eigenvalue weighted by molar-refractivity contribution is 7.15. The monoisotopic (exact) mass is 497 g/mol. The number of nitrogens with zero attached hydrogens (tertiary/aromatic N) is 4. The van der Waals surface area contributed by atoms with Crippen LogP contribution < -0.4 is 5.73 Å². The number of nitro groups is 1. The molecular formula is C22H19N5O7S. The number of nitro benzene ring substituents is 1. The Morgan fingerprint density at radius 3 is 2.71 bits per heavy atom. The molecule has 0 aliphatic carbocycles. The topological polar surface area (TPSA) is 170 Å². The number of fused-ring (bicyclic) bond motifs is 2. The van der Waals surface area contributed by atoms with Crippen molar-refractivity contribution in [1.82, 2.24) is 14.3 Å². The minimum absolute atomic E-state index is 0.00463. The Morgan fingerprint density at radius 2 is 2.09 bits per heavy atom. The molecule has 1 fully saturated rings.